The van der Waals surface area contributed by atoms with Crippen LogP contribution in [0.25, 0.3) is 11.3 Å². The van der Waals surface area contributed by atoms with Crippen LogP contribution >= 0.6 is 12.4 Å². The minimum absolute atomic E-state index is 0. The number of aromatic hydroxyl groups is 1. The number of anilines is 1. The molecule has 2 heterocycles. The summed E-state index contributed by atoms with van der Waals surface area (Å²) < 4.78 is 0. The van der Waals surface area contributed by atoms with Crippen molar-refractivity contribution in [3.05, 3.63) is 41.5 Å². The normalized spacial score (nSPS) is 16.2. The van der Waals surface area contributed by atoms with Crippen molar-refractivity contribution in [1.82, 2.24) is 10.3 Å². The molecule has 3 rings (SSSR count). The third-order valence-electron chi connectivity index (χ3n) is 4.37. The molecule has 0 aliphatic carbocycles. The second-order valence-corrected chi connectivity index (χ2v) is 6.17. The Morgan fingerprint density at radius 2 is 2.19 bits per heavy atom. The Labute approximate surface area is 158 Å². The van der Waals surface area contributed by atoms with Crippen molar-refractivity contribution in [2.75, 3.05) is 18.4 Å². The van der Waals surface area contributed by atoms with E-state index in [-0.39, 0.29) is 35.8 Å². The molecule has 1 aromatic heterocycles. The number of nitrogens with one attached hydrogen (secondary N) is 2. The number of para-hydroxylation sites is 1. The molecule has 1 aromatic carbocycles. The van der Waals surface area contributed by atoms with Crippen LogP contribution in [0.5, 0.6) is 5.75 Å². The number of nitrogens with zero attached hydrogens (tertiary/aromatic N) is 2. The van der Waals surface area contributed by atoms with Crippen molar-refractivity contribution in [1.29, 1.82) is 5.26 Å². The van der Waals surface area contributed by atoms with E-state index >= 15 is 0 Å². The van der Waals surface area contributed by atoms with Gasteiger partial charge >= 0.3 is 0 Å². The summed E-state index contributed by atoms with van der Waals surface area (Å²) in [6.45, 7) is 3.13. The summed E-state index contributed by atoms with van der Waals surface area (Å²) >= 11 is 0. The van der Waals surface area contributed by atoms with Gasteiger partial charge in [0.15, 0.2) is 5.82 Å². The fourth-order valence-corrected chi connectivity index (χ4v) is 3.21. The maximum Gasteiger partial charge on any atom is 0.222 e. The van der Waals surface area contributed by atoms with Crippen molar-refractivity contribution < 1.29 is 9.90 Å². The molecule has 0 spiro atoms. The number of carbonyl (C=O) groups is 1. The Morgan fingerprint density at radius 3 is 2.81 bits per heavy atom. The van der Waals surface area contributed by atoms with E-state index in [0.29, 0.717) is 16.8 Å². The summed E-state index contributed by atoms with van der Waals surface area (Å²) in [6, 6.07) is 11.0. The summed E-state index contributed by atoms with van der Waals surface area (Å²) in [6.07, 6.45) is 1.99. The van der Waals surface area contributed by atoms with E-state index < -0.39 is 0 Å². The molecule has 1 aliphatic heterocycles. The highest BCUT2D eigenvalue weighted by molar-refractivity contribution is 5.90. The van der Waals surface area contributed by atoms with Gasteiger partial charge < -0.3 is 15.7 Å². The number of benzene rings is 1. The largest absolute Gasteiger partial charge is 0.507 e. The highest BCUT2D eigenvalue weighted by Gasteiger charge is 2.23. The number of amides is 1. The Kier molecular flexibility index (Phi) is 6.56. The molecule has 1 aliphatic rings. The molecule has 0 bridgehead atoms. The monoisotopic (exact) mass is 372 g/mol. The van der Waals surface area contributed by atoms with Gasteiger partial charge in [-0.15, -0.1) is 12.4 Å². The summed E-state index contributed by atoms with van der Waals surface area (Å²) in [5.41, 5.74) is 2.36. The highest BCUT2D eigenvalue weighted by atomic mass is 35.5. The molecule has 1 unspecified atom stereocenters. The van der Waals surface area contributed by atoms with Crippen LogP contribution in [0.4, 0.5) is 5.82 Å². The number of phenolic OH excluding ortho intramolecular Hbond substituents is 1. The molecule has 1 fully saturated rings. The first kappa shape index (κ1) is 19.7. The number of rotatable bonds is 3. The lowest BCUT2D eigenvalue weighted by Crippen LogP contribution is -2.29. The van der Waals surface area contributed by atoms with Gasteiger partial charge in [0, 0.05) is 19.0 Å². The lowest BCUT2D eigenvalue weighted by atomic mass is 9.88. The number of nitriles is 1. The first-order valence-corrected chi connectivity index (χ1v) is 8.32. The molecule has 0 saturated carbocycles. The van der Waals surface area contributed by atoms with Crippen molar-refractivity contribution in [3.63, 3.8) is 0 Å². The van der Waals surface area contributed by atoms with Crippen molar-refractivity contribution >= 4 is 24.1 Å². The SMILES string of the molecule is CC(=O)Nc1nc(-c2ccccc2O)cc(C2CCCNC2)c1C#N.Cl. The number of pyridine rings is 1. The molecule has 3 N–H and O–H groups in total. The maximum atomic E-state index is 11.6. The van der Waals surface area contributed by atoms with Crippen LogP contribution in [0, 0.1) is 11.3 Å². The van der Waals surface area contributed by atoms with Gasteiger partial charge in [-0.25, -0.2) is 4.98 Å². The Hall–Kier alpha value is -2.62. The van der Waals surface area contributed by atoms with Crippen LogP contribution in [0.15, 0.2) is 30.3 Å². The standard InChI is InChI=1S/C19H20N4O2.ClH/c1-12(24)22-19-16(10-20)15(13-5-4-8-21-11-13)9-17(23-19)14-6-2-3-7-18(14)25;/h2-3,6-7,9,13,21,25H,4-5,8,11H2,1H3,(H,22,23,24);1H. The van der Waals surface area contributed by atoms with Gasteiger partial charge in [0.25, 0.3) is 0 Å². The van der Waals surface area contributed by atoms with Crippen molar-refractivity contribution in [2.24, 2.45) is 0 Å². The molecule has 26 heavy (non-hydrogen) atoms. The number of piperidine rings is 1. The topological polar surface area (TPSA) is 98.0 Å². The van der Waals surface area contributed by atoms with Crippen molar-refractivity contribution in [2.45, 2.75) is 25.7 Å². The predicted octanol–water partition coefficient (Wildman–Crippen LogP) is 3.17. The van der Waals surface area contributed by atoms with Crippen LogP contribution in [-0.2, 0) is 4.79 Å². The van der Waals surface area contributed by atoms with Crippen LogP contribution < -0.4 is 10.6 Å². The number of phenols is 1. The van der Waals surface area contributed by atoms with Crippen LogP contribution in [0.2, 0.25) is 0 Å². The minimum atomic E-state index is -0.286. The predicted molar refractivity (Wildman–Crippen MR) is 102 cm³/mol. The van der Waals surface area contributed by atoms with E-state index in [1.54, 1.807) is 18.2 Å². The van der Waals surface area contributed by atoms with Gasteiger partial charge in [-0.3, -0.25) is 4.79 Å². The van der Waals surface area contributed by atoms with Crippen molar-refractivity contribution in [3.8, 4) is 23.1 Å². The summed E-state index contributed by atoms with van der Waals surface area (Å²) in [5, 5.41) is 25.8. The second-order valence-electron chi connectivity index (χ2n) is 6.17. The number of carbonyl (C=O) groups excluding carboxylic acids is 1. The van der Waals surface area contributed by atoms with Gasteiger partial charge in [0.1, 0.15) is 11.8 Å². The molecule has 1 amide bonds. The van der Waals surface area contributed by atoms with Crippen LogP contribution in [0.1, 0.15) is 36.8 Å². The number of hydrogen-bond donors (Lipinski definition) is 3. The Balaban J connectivity index is 0.00000243. The Morgan fingerprint density at radius 1 is 1.42 bits per heavy atom. The fourth-order valence-electron chi connectivity index (χ4n) is 3.21. The zero-order valence-corrected chi connectivity index (χ0v) is 15.3. The van der Waals surface area contributed by atoms with Gasteiger partial charge in [0.05, 0.1) is 11.3 Å². The molecular formula is C19H21ClN4O2. The molecule has 7 heteroatoms. The second kappa shape index (κ2) is 8.65. The smallest absolute Gasteiger partial charge is 0.222 e. The van der Waals surface area contributed by atoms with E-state index in [2.05, 4.69) is 21.7 Å². The number of aromatic nitrogens is 1. The average molecular weight is 373 g/mol. The van der Waals surface area contributed by atoms with E-state index in [9.17, 15) is 15.2 Å². The molecule has 6 nitrogen and oxygen atoms in total. The summed E-state index contributed by atoms with van der Waals surface area (Å²) in [4.78, 5) is 16.0. The van der Waals surface area contributed by atoms with E-state index in [0.717, 1.165) is 31.5 Å². The lowest BCUT2D eigenvalue weighted by Gasteiger charge is -2.25. The number of hydrogen-bond acceptors (Lipinski definition) is 5. The zero-order valence-electron chi connectivity index (χ0n) is 14.5. The first-order valence-electron chi connectivity index (χ1n) is 8.32. The van der Waals surface area contributed by atoms with E-state index in [4.69, 9.17) is 0 Å². The first-order chi connectivity index (χ1) is 12.1. The van der Waals surface area contributed by atoms with Crippen LogP contribution in [-0.4, -0.2) is 29.1 Å². The Bertz CT molecular complexity index is 842. The zero-order chi connectivity index (χ0) is 17.8. The molecule has 1 saturated heterocycles. The van der Waals surface area contributed by atoms with Gasteiger partial charge in [-0.05, 0) is 49.1 Å². The fraction of sp³-hybridized carbons (Fsp3) is 0.316. The maximum absolute atomic E-state index is 11.6. The molecule has 0 radical (unpaired) electrons. The summed E-state index contributed by atoms with van der Waals surface area (Å²) in [7, 11) is 0. The minimum Gasteiger partial charge on any atom is -0.507 e. The van der Waals surface area contributed by atoms with Gasteiger partial charge in [0.2, 0.25) is 5.91 Å². The average Bonchev–Trinajstić information content (AvgIpc) is 2.62. The molecule has 136 valence electrons. The third-order valence-corrected chi connectivity index (χ3v) is 4.37. The quantitative estimate of drug-likeness (QED) is 0.768. The van der Waals surface area contributed by atoms with E-state index in [1.165, 1.54) is 6.92 Å². The molecule has 2 aromatic rings. The third kappa shape index (κ3) is 4.13. The van der Waals surface area contributed by atoms with Gasteiger partial charge in [-0.2, -0.15) is 5.26 Å². The number of halogens is 1. The molecular weight excluding hydrogens is 352 g/mol. The highest BCUT2D eigenvalue weighted by Crippen LogP contribution is 2.35. The summed E-state index contributed by atoms with van der Waals surface area (Å²) in [5.74, 6) is 0.243. The van der Waals surface area contributed by atoms with Gasteiger partial charge in [-0.1, -0.05) is 12.1 Å². The van der Waals surface area contributed by atoms with Crippen LogP contribution in [0.3, 0.4) is 0 Å². The van der Waals surface area contributed by atoms with E-state index in [1.807, 2.05) is 12.1 Å². The lowest BCUT2D eigenvalue weighted by molar-refractivity contribution is -0.114. The molecule has 1 atom stereocenters.